The first-order chi connectivity index (χ1) is 15.6. The predicted molar refractivity (Wildman–Crippen MR) is 125 cm³/mol. The Morgan fingerprint density at radius 2 is 1.78 bits per heavy atom. The Hall–Kier alpha value is -3.73. The monoisotopic (exact) mass is 424 g/mol. The molecule has 1 fully saturated rings. The Morgan fingerprint density at radius 1 is 1.00 bits per heavy atom. The summed E-state index contributed by atoms with van der Waals surface area (Å²) < 4.78 is 5.74. The molecule has 5 nitrogen and oxygen atoms in total. The fourth-order valence-electron chi connectivity index (χ4n) is 4.58. The van der Waals surface area contributed by atoms with Crippen molar-refractivity contribution >= 4 is 16.7 Å². The average molecular weight is 425 g/mol. The lowest BCUT2D eigenvalue weighted by Gasteiger charge is -2.35. The van der Waals surface area contributed by atoms with Crippen LogP contribution in [-0.2, 0) is 0 Å². The zero-order valence-electron chi connectivity index (χ0n) is 18.0. The average Bonchev–Trinajstić information content (AvgIpc) is 2.85. The molecule has 160 valence electrons. The van der Waals surface area contributed by atoms with Crippen LogP contribution in [0, 0.1) is 6.92 Å². The number of aromatic nitrogens is 1. The van der Waals surface area contributed by atoms with Crippen LogP contribution in [0.15, 0.2) is 82.3 Å². The van der Waals surface area contributed by atoms with Crippen LogP contribution >= 0.6 is 0 Å². The molecule has 1 aliphatic rings. The summed E-state index contributed by atoms with van der Waals surface area (Å²) >= 11 is 0. The minimum atomic E-state index is -0.491. The van der Waals surface area contributed by atoms with Gasteiger partial charge in [0.2, 0.25) is 5.76 Å². The van der Waals surface area contributed by atoms with Gasteiger partial charge in [0.15, 0.2) is 0 Å². The highest BCUT2D eigenvalue weighted by atomic mass is 16.4. The molecular weight excluding hydrogens is 400 g/mol. The number of hydrogen-bond acceptors (Lipinski definition) is 4. The molecule has 1 atom stereocenters. The Morgan fingerprint density at radius 3 is 2.53 bits per heavy atom. The maximum atomic E-state index is 13.9. The van der Waals surface area contributed by atoms with Crippen molar-refractivity contribution in [3.05, 3.63) is 100 Å². The van der Waals surface area contributed by atoms with E-state index in [2.05, 4.69) is 4.98 Å². The normalized spacial score (nSPS) is 16.3. The number of fused-ring (bicyclic) bond motifs is 1. The van der Waals surface area contributed by atoms with Gasteiger partial charge in [0, 0.05) is 29.9 Å². The minimum absolute atomic E-state index is 0.0902. The van der Waals surface area contributed by atoms with Gasteiger partial charge < -0.3 is 9.32 Å². The molecule has 0 bridgehead atoms. The van der Waals surface area contributed by atoms with E-state index in [-0.39, 0.29) is 17.7 Å². The van der Waals surface area contributed by atoms with Crippen LogP contribution < -0.4 is 5.63 Å². The van der Waals surface area contributed by atoms with Crippen molar-refractivity contribution in [1.29, 1.82) is 0 Å². The van der Waals surface area contributed by atoms with E-state index in [4.69, 9.17) is 4.42 Å². The van der Waals surface area contributed by atoms with Crippen molar-refractivity contribution in [3.63, 3.8) is 0 Å². The largest absolute Gasteiger partial charge is 0.416 e. The standard InChI is InChI=1S/C27H24N2O3/c1-18-11-13-19(14-12-18)24-21-8-2-3-9-22(21)27(31)32-25(24)26(30)29-16-5-4-10-23(29)20-7-6-15-28-17-20/h2-3,6-9,11-15,17,23H,4-5,10,16H2,1H3. The van der Waals surface area contributed by atoms with E-state index in [1.165, 1.54) is 0 Å². The third-order valence-electron chi connectivity index (χ3n) is 6.21. The van der Waals surface area contributed by atoms with Gasteiger partial charge in [-0.05, 0) is 49.4 Å². The van der Waals surface area contributed by atoms with E-state index in [0.717, 1.165) is 41.3 Å². The molecule has 2 aromatic heterocycles. The van der Waals surface area contributed by atoms with Gasteiger partial charge in [0.05, 0.1) is 11.4 Å². The molecule has 0 N–H and O–H groups in total. The van der Waals surface area contributed by atoms with Crippen LogP contribution in [0.5, 0.6) is 0 Å². The number of rotatable bonds is 3. The predicted octanol–water partition coefficient (Wildman–Crippen LogP) is 5.53. The highest BCUT2D eigenvalue weighted by Crippen LogP contribution is 2.36. The van der Waals surface area contributed by atoms with E-state index >= 15 is 0 Å². The summed E-state index contributed by atoms with van der Waals surface area (Å²) in [6.45, 7) is 2.63. The maximum absolute atomic E-state index is 13.9. The number of nitrogens with zero attached hydrogens (tertiary/aromatic N) is 2. The summed E-state index contributed by atoms with van der Waals surface area (Å²) in [5.41, 5.74) is 3.15. The van der Waals surface area contributed by atoms with Gasteiger partial charge in [0.1, 0.15) is 0 Å². The van der Waals surface area contributed by atoms with Gasteiger partial charge in [-0.3, -0.25) is 9.78 Å². The molecule has 1 amide bonds. The zero-order chi connectivity index (χ0) is 22.1. The first kappa shape index (κ1) is 20.2. The van der Waals surface area contributed by atoms with E-state index in [0.29, 0.717) is 17.5 Å². The van der Waals surface area contributed by atoms with Gasteiger partial charge in [0.25, 0.3) is 5.91 Å². The molecule has 1 aliphatic heterocycles. The Kier molecular flexibility index (Phi) is 5.31. The van der Waals surface area contributed by atoms with Crippen LogP contribution in [0.1, 0.15) is 47.0 Å². The van der Waals surface area contributed by atoms with Crippen LogP contribution in [0.25, 0.3) is 21.9 Å². The van der Waals surface area contributed by atoms with Gasteiger partial charge in [-0.2, -0.15) is 0 Å². The Balaban J connectivity index is 1.69. The highest BCUT2D eigenvalue weighted by molar-refractivity contribution is 6.07. The fourth-order valence-corrected chi connectivity index (χ4v) is 4.58. The molecule has 4 aromatic rings. The first-order valence-corrected chi connectivity index (χ1v) is 11.0. The molecule has 0 radical (unpaired) electrons. The third-order valence-corrected chi connectivity index (χ3v) is 6.21. The van der Waals surface area contributed by atoms with Crippen LogP contribution in [0.3, 0.4) is 0 Å². The first-order valence-electron chi connectivity index (χ1n) is 11.0. The van der Waals surface area contributed by atoms with Crippen molar-refractivity contribution in [2.45, 2.75) is 32.2 Å². The lowest BCUT2D eigenvalue weighted by atomic mass is 9.94. The topological polar surface area (TPSA) is 63.4 Å². The summed E-state index contributed by atoms with van der Waals surface area (Å²) in [6.07, 6.45) is 6.36. The second kappa shape index (κ2) is 8.42. The Labute approximate surface area is 186 Å². The Bertz CT molecular complexity index is 1330. The van der Waals surface area contributed by atoms with Crippen molar-refractivity contribution in [2.24, 2.45) is 0 Å². The molecule has 2 aromatic carbocycles. The van der Waals surface area contributed by atoms with Crippen molar-refractivity contribution in [2.75, 3.05) is 6.54 Å². The van der Waals surface area contributed by atoms with E-state index in [1.54, 1.807) is 12.3 Å². The summed E-state index contributed by atoms with van der Waals surface area (Å²) in [7, 11) is 0. The SMILES string of the molecule is Cc1ccc(-c2c(C(=O)N3CCCCC3c3cccnc3)oc(=O)c3ccccc23)cc1. The maximum Gasteiger partial charge on any atom is 0.344 e. The molecule has 1 saturated heterocycles. The van der Waals surface area contributed by atoms with E-state index in [1.807, 2.05) is 72.6 Å². The van der Waals surface area contributed by atoms with Gasteiger partial charge in [-0.1, -0.05) is 54.1 Å². The van der Waals surface area contributed by atoms with Gasteiger partial charge in [-0.25, -0.2) is 4.79 Å². The highest BCUT2D eigenvalue weighted by Gasteiger charge is 2.32. The van der Waals surface area contributed by atoms with Crippen LogP contribution in [0.4, 0.5) is 0 Å². The van der Waals surface area contributed by atoms with E-state index in [9.17, 15) is 9.59 Å². The zero-order valence-corrected chi connectivity index (χ0v) is 18.0. The fraction of sp³-hybridized carbons (Fsp3) is 0.222. The number of hydrogen-bond donors (Lipinski definition) is 0. The third kappa shape index (κ3) is 3.60. The van der Waals surface area contributed by atoms with Crippen molar-refractivity contribution in [1.82, 2.24) is 9.88 Å². The lowest BCUT2D eigenvalue weighted by Crippen LogP contribution is -2.39. The number of aryl methyl sites for hydroxylation is 1. The molecule has 0 aliphatic carbocycles. The minimum Gasteiger partial charge on any atom is -0.416 e. The van der Waals surface area contributed by atoms with Crippen LogP contribution in [0.2, 0.25) is 0 Å². The number of carbonyl (C=O) groups is 1. The molecule has 0 saturated carbocycles. The smallest absolute Gasteiger partial charge is 0.344 e. The summed E-state index contributed by atoms with van der Waals surface area (Å²) in [6, 6.07) is 19.1. The van der Waals surface area contributed by atoms with E-state index < -0.39 is 5.63 Å². The summed E-state index contributed by atoms with van der Waals surface area (Å²) in [5.74, 6) is -0.148. The second-order valence-electron chi connectivity index (χ2n) is 8.30. The summed E-state index contributed by atoms with van der Waals surface area (Å²) in [5, 5.41) is 1.20. The number of carbonyl (C=O) groups excluding carboxylic acids is 1. The number of piperidine rings is 1. The number of benzene rings is 2. The molecule has 5 rings (SSSR count). The molecule has 5 heteroatoms. The lowest BCUT2D eigenvalue weighted by molar-refractivity contribution is 0.0575. The number of likely N-dealkylation sites (tertiary alicyclic amines) is 1. The van der Waals surface area contributed by atoms with Gasteiger partial charge >= 0.3 is 5.63 Å². The summed E-state index contributed by atoms with van der Waals surface area (Å²) in [4.78, 5) is 32.8. The van der Waals surface area contributed by atoms with Crippen molar-refractivity contribution in [3.8, 4) is 11.1 Å². The number of amides is 1. The number of pyridine rings is 1. The van der Waals surface area contributed by atoms with Crippen molar-refractivity contribution < 1.29 is 9.21 Å². The molecule has 32 heavy (non-hydrogen) atoms. The van der Waals surface area contributed by atoms with Gasteiger partial charge in [-0.15, -0.1) is 0 Å². The molecule has 3 heterocycles. The molecule has 1 unspecified atom stereocenters. The molecular formula is C27H24N2O3. The quantitative estimate of drug-likeness (QED) is 0.434. The second-order valence-corrected chi connectivity index (χ2v) is 8.30. The van der Waals surface area contributed by atoms with Crippen LogP contribution in [-0.4, -0.2) is 22.3 Å². The molecule has 0 spiro atoms.